The van der Waals surface area contributed by atoms with E-state index in [-0.39, 0.29) is 11.8 Å². The zero-order chi connectivity index (χ0) is 10.3. The van der Waals surface area contributed by atoms with Gasteiger partial charge < -0.3 is 5.32 Å². The van der Waals surface area contributed by atoms with Gasteiger partial charge in [0.1, 0.15) is 0 Å². The minimum Gasteiger partial charge on any atom is -0.387 e. The number of anilines is 1. The van der Waals surface area contributed by atoms with Crippen molar-refractivity contribution >= 4 is 17.5 Å². The monoisotopic (exact) mass is 190 g/mol. The number of fused-ring (bicyclic) bond motifs is 1. The Labute approximate surface area is 81.3 Å². The average Bonchev–Trinajstić information content (AvgIpc) is 2.44. The smallest absolute Gasteiger partial charge is 0.261 e. The standard InChI is InChI=1S/C10H10N2O2/c1-5-3-4-6(11-2)8-7(5)9(13)12-10(8)14/h3-4,11H,1-2H3,(H,12,13,14). The second-order valence-electron chi connectivity index (χ2n) is 3.21. The second-order valence-corrected chi connectivity index (χ2v) is 3.21. The molecule has 0 spiro atoms. The number of aryl methyl sites for hydroxylation is 1. The van der Waals surface area contributed by atoms with Crippen LogP contribution in [-0.4, -0.2) is 18.9 Å². The minimum absolute atomic E-state index is 0.306. The molecule has 0 aromatic heterocycles. The van der Waals surface area contributed by atoms with Crippen LogP contribution in [0.15, 0.2) is 12.1 Å². The lowest BCUT2D eigenvalue weighted by Gasteiger charge is -2.06. The topological polar surface area (TPSA) is 58.2 Å². The normalized spacial score (nSPS) is 13.9. The Bertz CT molecular complexity index is 438. The van der Waals surface area contributed by atoms with Gasteiger partial charge in [0.05, 0.1) is 11.1 Å². The fourth-order valence-corrected chi connectivity index (χ4v) is 1.67. The van der Waals surface area contributed by atoms with E-state index in [1.807, 2.05) is 13.0 Å². The molecule has 0 atom stereocenters. The van der Waals surface area contributed by atoms with Crippen molar-refractivity contribution in [1.82, 2.24) is 5.32 Å². The Kier molecular flexibility index (Phi) is 1.77. The van der Waals surface area contributed by atoms with E-state index in [1.165, 1.54) is 0 Å². The highest BCUT2D eigenvalue weighted by Crippen LogP contribution is 2.26. The minimum atomic E-state index is -0.321. The molecule has 1 aliphatic rings. The number of hydrogen-bond acceptors (Lipinski definition) is 3. The van der Waals surface area contributed by atoms with Crippen LogP contribution in [0.1, 0.15) is 26.3 Å². The molecule has 4 nitrogen and oxygen atoms in total. The van der Waals surface area contributed by atoms with Crippen LogP contribution in [-0.2, 0) is 0 Å². The Balaban J connectivity index is 2.76. The summed E-state index contributed by atoms with van der Waals surface area (Å²) < 4.78 is 0. The van der Waals surface area contributed by atoms with Gasteiger partial charge in [-0.25, -0.2) is 0 Å². The summed E-state index contributed by atoms with van der Waals surface area (Å²) in [7, 11) is 1.72. The van der Waals surface area contributed by atoms with E-state index in [1.54, 1.807) is 13.1 Å². The molecule has 0 radical (unpaired) electrons. The molecule has 2 N–H and O–H groups in total. The third-order valence-electron chi connectivity index (χ3n) is 2.36. The third kappa shape index (κ3) is 1.00. The van der Waals surface area contributed by atoms with Gasteiger partial charge in [-0.05, 0) is 18.6 Å². The SMILES string of the molecule is CNc1ccc(C)c2c1C(=O)NC2=O. The summed E-state index contributed by atoms with van der Waals surface area (Å²) in [6.07, 6.45) is 0. The number of imide groups is 1. The third-order valence-corrected chi connectivity index (χ3v) is 2.36. The van der Waals surface area contributed by atoms with Gasteiger partial charge in [0, 0.05) is 12.7 Å². The van der Waals surface area contributed by atoms with Crippen LogP contribution in [0.4, 0.5) is 5.69 Å². The van der Waals surface area contributed by atoms with Crippen molar-refractivity contribution in [3.8, 4) is 0 Å². The highest BCUT2D eigenvalue weighted by molar-refractivity contribution is 6.24. The molecule has 1 aromatic carbocycles. The molecule has 2 rings (SSSR count). The van der Waals surface area contributed by atoms with E-state index >= 15 is 0 Å². The van der Waals surface area contributed by atoms with Crippen molar-refractivity contribution < 1.29 is 9.59 Å². The van der Waals surface area contributed by atoms with E-state index in [0.717, 1.165) is 5.56 Å². The fourth-order valence-electron chi connectivity index (χ4n) is 1.67. The van der Waals surface area contributed by atoms with E-state index < -0.39 is 0 Å². The highest BCUT2D eigenvalue weighted by atomic mass is 16.2. The second kappa shape index (κ2) is 2.83. The number of hydrogen-bond donors (Lipinski definition) is 2. The Morgan fingerprint density at radius 1 is 1.14 bits per heavy atom. The molecule has 1 aromatic rings. The Morgan fingerprint density at radius 2 is 1.79 bits per heavy atom. The molecular formula is C10H10N2O2. The van der Waals surface area contributed by atoms with Crippen LogP contribution in [0.25, 0.3) is 0 Å². The van der Waals surface area contributed by atoms with E-state index in [2.05, 4.69) is 10.6 Å². The van der Waals surface area contributed by atoms with Gasteiger partial charge >= 0.3 is 0 Å². The van der Waals surface area contributed by atoms with Gasteiger partial charge in [-0.1, -0.05) is 6.07 Å². The summed E-state index contributed by atoms with van der Waals surface area (Å²) in [6, 6.07) is 3.62. The summed E-state index contributed by atoms with van der Waals surface area (Å²) in [5.41, 5.74) is 2.45. The molecule has 1 aliphatic heterocycles. The molecule has 0 saturated carbocycles. The largest absolute Gasteiger partial charge is 0.387 e. The Morgan fingerprint density at radius 3 is 2.43 bits per heavy atom. The molecule has 0 fully saturated rings. The zero-order valence-electron chi connectivity index (χ0n) is 7.97. The summed E-state index contributed by atoms with van der Waals surface area (Å²) >= 11 is 0. The number of amides is 2. The predicted octanol–water partition coefficient (Wildman–Crippen LogP) is 0.920. The van der Waals surface area contributed by atoms with Crippen LogP contribution < -0.4 is 10.6 Å². The maximum Gasteiger partial charge on any atom is 0.261 e. The Hall–Kier alpha value is -1.84. The van der Waals surface area contributed by atoms with Crippen molar-refractivity contribution in [3.05, 3.63) is 28.8 Å². The highest BCUT2D eigenvalue weighted by Gasteiger charge is 2.30. The van der Waals surface area contributed by atoms with Crippen LogP contribution in [0, 0.1) is 6.92 Å². The number of carbonyl (C=O) groups excluding carboxylic acids is 2. The number of rotatable bonds is 1. The van der Waals surface area contributed by atoms with Gasteiger partial charge in [-0.15, -0.1) is 0 Å². The quantitative estimate of drug-likeness (QED) is 0.647. The number of nitrogens with one attached hydrogen (secondary N) is 2. The van der Waals surface area contributed by atoms with Crippen LogP contribution in [0.3, 0.4) is 0 Å². The molecule has 1 heterocycles. The maximum absolute atomic E-state index is 11.4. The summed E-state index contributed by atoms with van der Waals surface area (Å²) in [5, 5.41) is 5.17. The lowest BCUT2D eigenvalue weighted by Crippen LogP contribution is -2.20. The first-order valence-electron chi connectivity index (χ1n) is 4.32. The van der Waals surface area contributed by atoms with Gasteiger partial charge in [0.25, 0.3) is 11.8 Å². The average molecular weight is 190 g/mol. The van der Waals surface area contributed by atoms with Crippen LogP contribution in [0.5, 0.6) is 0 Å². The first-order valence-corrected chi connectivity index (χ1v) is 4.32. The van der Waals surface area contributed by atoms with Gasteiger partial charge in [0.2, 0.25) is 0 Å². The fraction of sp³-hybridized carbons (Fsp3) is 0.200. The summed E-state index contributed by atoms with van der Waals surface area (Å²) in [4.78, 5) is 22.8. The lowest BCUT2D eigenvalue weighted by atomic mass is 10.0. The van der Waals surface area contributed by atoms with Crippen molar-refractivity contribution in [2.45, 2.75) is 6.92 Å². The van der Waals surface area contributed by atoms with Crippen molar-refractivity contribution in [2.75, 3.05) is 12.4 Å². The van der Waals surface area contributed by atoms with E-state index in [9.17, 15) is 9.59 Å². The molecule has 2 amide bonds. The van der Waals surface area contributed by atoms with Crippen molar-refractivity contribution in [3.63, 3.8) is 0 Å². The molecule has 0 unspecified atom stereocenters. The lowest BCUT2D eigenvalue weighted by molar-refractivity contribution is 0.0880. The molecular weight excluding hydrogens is 180 g/mol. The molecule has 14 heavy (non-hydrogen) atoms. The number of benzene rings is 1. The van der Waals surface area contributed by atoms with Crippen LogP contribution >= 0.6 is 0 Å². The van der Waals surface area contributed by atoms with Gasteiger partial charge in [-0.2, -0.15) is 0 Å². The van der Waals surface area contributed by atoms with E-state index in [4.69, 9.17) is 0 Å². The molecule has 4 heteroatoms. The molecule has 72 valence electrons. The summed E-state index contributed by atoms with van der Waals surface area (Å²) in [5.74, 6) is -0.627. The molecule has 0 aliphatic carbocycles. The van der Waals surface area contributed by atoms with E-state index in [0.29, 0.717) is 16.8 Å². The first-order chi connectivity index (χ1) is 6.65. The molecule has 0 saturated heterocycles. The number of carbonyl (C=O) groups is 2. The predicted molar refractivity (Wildman–Crippen MR) is 52.5 cm³/mol. The van der Waals surface area contributed by atoms with Crippen molar-refractivity contribution in [1.29, 1.82) is 0 Å². The maximum atomic E-state index is 11.4. The van der Waals surface area contributed by atoms with Crippen molar-refractivity contribution in [2.24, 2.45) is 0 Å². The zero-order valence-corrected chi connectivity index (χ0v) is 7.97. The molecule has 0 bridgehead atoms. The van der Waals surface area contributed by atoms with Gasteiger partial charge in [0.15, 0.2) is 0 Å². The van der Waals surface area contributed by atoms with Crippen LogP contribution in [0.2, 0.25) is 0 Å². The van der Waals surface area contributed by atoms with Gasteiger partial charge in [-0.3, -0.25) is 14.9 Å². The first kappa shape index (κ1) is 8.74. The summed E-state index contributed by atoms with van der Waals surface area (Å²) in [6.45, 7) is 1.82.